The highest BCUT2D eigenvalue weighted by Gasteiger charge is 2.15. The molecule has 0 radical (unpaired) electrons. The smallest absolute Gasteiger partial charge is 0.267 e. The van der Waals surface area contributed by atoms with Crippen molar-refractivity contribution in [2.75, 3.05) is 23.0 Å². The lowest BCUT2D eigenvalue weighted by atomic mass is 10.2. The summed E-state index contributed by atoms with van der Waals surface area (Å²) in [5.74, 6) is -0.373. The zero-order valence-electron chi connectivity index (χ0n) is 12.0. The summed E-state index contributed by atoms with van der Waals surface area (Å²) in [7, 11) is 1.76. The molecule has 2 amide bonds. The molecular formula is C14H16N4O2S. The van der Waals surface area contributed by atoms with Gasteiger partial charge in [-0.25, -0.2) is 4.98 Å². The van der Waals surface area contributed by atoms with Crippen LogP contribution in [0.5, 0.6) is 0 Å². The predicted octanol–water partition coefficient (Wildman–Crippen LogP) is 2.70. The monoisotopic (exact) mass is 304 g/mol. The van der Waals surface area contributed by atoms with Crippen molar-refractivity contribution in [3.05, 3.63) is 34.8 Å². The second kappa shape index (κ2) is 6.36. The number of thiazole rings is 1. The van der Waals surface area contributed by atoms with Crippen LogP contribution in [0.2, 0.25) is 0 Å². The summed E-state index contributed by atoms with van der Waals surface area (Å²) in [6.45, 7) is 3.23. The second-order valence-electron chi connectivity index (χ2n) is 4.40. The van der Waals surface area contributed by atoms with Gasteiger partial charge in [0, 0.05) is 25.3 Å². The van der Waals surface area contributed by atoms with Crippen molar-refractivity contribution in [3.63, 3.8) is 0 Å². The zero-order valence-corrected chi connectivity index (χ0v) is 12.8. The molecule has 110 valence electrons. The van der Waals surface area contributed by atoms with Crippen LogP contribution in [0.25, 0.3) is 0 Å². The van der Waals surface area contributed by atoms with E-state index in [1.807, 2.05) is 0 Å². The Balaban J connectivity index is 2.15. The number of anilines is 3. The highest BCUT2D eigenvalue weighted by molar-refractivity contribution is 7.17. The van der Waals surface area contributed by atoms with Crippen LogP contribution in [0.15, 0.2) is 24.3 Å². The predicted molar refractivity (Wildman–Crippen MR) is 85.1 cm³/mol. The third-order valence-corrected chi connectivity index (χ3v) is 3.83. The summed E-state index contributed by atoms with van der Waals surface area (Å²) in [6, 6.07) is 6.99. The largest absolute Gasteiger partial charge is 0.365 e. The summed E-state index contributed by atoms with van der Waals surface area (Å²) >= 11 is 1.30. The van der Waals surface area contributed by atoms with E-state index in [-0.39, 0.29) is 11.8 Å². The SMILES string of the molecule is CNc1nc(C)c(C(=O)Nc2cccc(NC(C)=O)c2)s1. The first-order valence-electron chi connectivity index (χ1n) is 6.34. The summed E-state index contributed by atoms with van der Waals surface area (Å²) < 4.78 is 0. The van der Waals surface area contributed by atoms with Gasteiger partial charge in [-0.3, -0.25) is 9.59 Å². The van der Waals surface area contributed by atoms with Crippen molar-refractivity contribution < 1.29 is 9.59 Å². The minimum Gasteiger partial charge on any atom is -0.365 e. The molecule has 0 saturated heterocycles. The lowest BCUT2D eigenvalue weighted by Gasteiger charge is -2.07. The molecule has 0 aliphatic heterocycles. The summed E-state index contributed by atoms with van der Waals surface area (Å²) in [4.78, 5) is 28.1. The number of aromatic nitrogens is 1. The zero-order chi connectivity index (χ0) is 15.4. The first-order chi connectivity index (χ1) is 9.99. The minimum absolute atomic E-state index is 0.157. The first kappa shape index (κ1) is 15.0. The van der Waals surface area contributed by atoms with Crippen LogP contribution in [0.1, 0.15) is 22.3 Å². The number of hydrogen-bond donors (Lipinski definition) is 3. The van der Waals surface area contributed by atoms with Crippen molar-refractivity contribution in [2.45, 2.75) is 13.8 Å². The van der Waals surface area contributed by atoms with Gasteiger partial charge in [0.05, 0.1) is 5.69 Å². The number of nitrogens with zero attached hydrogens (tertiary/aromatic N) is 1. The molecule has 0 bridgehead atoms. The quantitative estimate of drug-likeness (QED) is 0.811. The van der Waals surface area contributed by atoms with Crippen LogP contribution in [0, 0.1) is 6.92 Å². The third-order valence-electron chi connectivity index (χ3n) is 2.66. The van der Waals surface area contributed by atoms with E-state index in [1.165, 1.54) is 18.3 Å². The second-order valence-corrected chi connectivity index (χ2v) is 5.40. The van der Waals surface area contributed by atoms with Gasteiger partial charge < -0.3 is 16.0 Å². The average molecular weight is 304 g/mol. The summed E-state index contributed by atoms with van der Waals surface area (Å²) in [6.07, 6.45) is 0. The van der Waals surface area contributed by atoms with Crippen LogP contribution in [0.4, 0.5) is 16.5 Å². The van der Waals surface area contributed by atoms with E-state index in [2.05, 4.69) is 20.9 Å². The average Bonchev–Trinajstić information content (AvgIpc) is 2.80. The number of rotatable bonds is 4. The summed E-state index contributed by atoms with van der Waals surface area (Å²) in [5.41, 5.74) is 1.93. The number of hydrogen-bond acceptors (Lipinski definition) is 5. The van der Waals surface area contributed by atoms with Crippen molar-refractivity contribution in [1.82, 2.24) is 4.98 Å². The number of nitrogens with one attached hydrogen (secondary N) is 3. The lowest BCUT2D eigenvalue weighted by Crippen LogP contribution is -2.12. The molecule has 0 atom stereocenters. The van der Waals surface area contributed by atoms with Gasteiger partial charge >= 0.3 is 0 Å². The third kappa shape index (κ3) is 3.79. The van der Waals surface area contributed by atoms with E-state index in [0.29, 0.717) is 27.1 Å². The number of amides is 2. The molecule has 1 aromatic heterocycles. The van der Waals surface area contributed by atoms with Gasteiger partial charge in [0.25, 0.3) is 5.91 Å². The van der Waals surface area contributed by atoms with Crippen molar-refractivity contribution in [3.8, 4) is 0 Å². The Bertz CT molecular complexity index is 681. The standard InChI is InChI=1S/C14H16N4O2S/c1-8-12(21-14(15-3)16-8)13(20)18-11-6-4-5-10(7-11)17-9(2)19/h4-7H,1-3H3,(H,15,16)(H,17,19)(H,18,20). The van der Waals surface area contributed by atoms with Crippen LogP contribution in [-0.4, -0.2) is 23.8 Å². The molecule has 0 saturated carbocycles. The normalized spacial score (nSPS) is 10.0. The van der Waals surface area contributed by atoms with E-state index in [1.54, 1.807) is 38.2 Å². The molecule has 0 aliphatic carbocycles. The van der Waals surface area contributed by atoms with Gasteiger partial charge in [-0.05, 0) is 25.1 Å². The number of carbonyl (C=O) groups excluding carboxylic acids is 2. The fourth-order valence-corrected chi connectivity index (χ4v) is 2.59. The van der Waals surface area contributed by atoms with Crippen molar-refractivity contribution in [1.29, 1.82) is 0 Å². The molecule has 0 spiro atoms. The van der Waals surface area contributed by atoms with Gasteiger partial charge in [0.15, 0.2) is 5.13 Å². The molecule has 2 aromatic rings. The molecule has 6 nitrogen and oxygen atoms in total. The van der Waals surface area contributed by atoms with Crippen molar-refractivity contribution >= 4 is 39.7 Å². The highest BCUT2D eigenvalue weighted by atomic mass is 32.1. The number of benzene rings is 1. The first-order valence-corrected chi connectivity index (χ1v) is 7.15. The van der Waals surface area contributed by atoms with Crippen LogP contribution in [0.3, 0.4) is 0 Å². The summed E-state index contributed by atoms with van der Waals surface area (Å²) in [5, 5.41) is 9.09. The van der Waals surface area contributed by atoms with E-state index >= 15 is 0 Å². The van der Waals surface area contributed by atoms with Gasteiger partial charge in [-0.2, -0.15) is 0 Å². The highest BCUT2D eigenvalue weighted by Crippen LogP contribution is 2.23. The van der Waals surface area contributed by atoms with Gasteiger partial charge in [-0.15, -0.1) is 0 Å². The van der Waals surface area contributed by atoms with E-state index in [9.17, 15) is 9.59 Å². The maximum absolute atomic E-state index is 12.2. The Morgan fingerprint density at radius 1 is 1.19 bits per heavy atom. The molecule has 21 heavy (non-hydrogen) atoms. The Kier molecular flexibility index (Phi) is 4.54. The Morgan fingerprint density at radius 2 is 1.86 bits per heavy atom. The van der Waals surface area contributed by atoms with Crippen molar-refractivity contribution in [2.24, 2.45) is 0 Å². The molecule has 7 heteroatoms. The molecule has 1 heterocycles. The fourth-order valence-electron chi connectivity index (χ4n) is 1.78. The van der Waals surface area contributed by atoms with E-state index < -0.39 is 0 Å². The molecule has 0 unspecified atom stereocenters. The van der Waals surface area contributed by atoms with Gasteiger partial charge in [0.2, 0.25) is 5.91 Å². The maximum atomic E-state index is 12.2. The van der Waals surface area contributed by atoms with Crippen LogP contribution < -0.4 is 16.0 Å². The Labute approximate surface area is 126 Å². The Hall–Kier alpha value is -2.41. The topological polar surface area (TPSA) is 83.1 Å². The van der Waals surface area contributed by atoms with Crippen LogP contribution in [-0.2, 0) is 4.79 Å². The molecular weight excluding hydrogens is 288 g/mol. The molecule has 0 aliphatic rings. The van der Waals surface area contributed by atoms with E-state index in [4.69, 9.17) is 0 Å². The molecule has 0 fully saturated rings. The van der Waals surface area contributed by atoms with Gasteiger partial charge in [0.1, 0.15) is 4.88 Å². The molecule has 3 N–H and O–H groups in total. The molecule has 1 aromatic carbocycles. The maximum Gasteiger partial charge on any atom is 0.267 e. The fraction of sp³-hybridized carbons (Fsp3) is 0.214. The van der Waals surface area contributed by atoms with E-state index in [0.717, 1.165) is 0 Å². The minimum atomic E-state index is -0.216. The number of carbonyl (C=O) groups is 2. The Morgan fingerprint density at radius 3 is 2.43 bits per heavy atom. The molecule has 2 rings (SSSR count). The van der Waals surface area contributed by atoms with Crippen LogP contribution >= 0.6 is 11.3 Å². The number of aryl methyl sites for hydroxylation is 1. The lowest BCUT2D eigenvalue weighted by molar-refractivity contribution is -0.114. The van der Waals surface area contributed by atoms with Gasteiger partial charge in [-0.1, -0.05) is 17.4 Å².